The van der Waals surface area contributed by atoms with E-state index in [9.17, 15) is 31.5 Å². The molecule has 5 rings (SSSR count). The number of aromatic nitrogens is 2. The maximum atomic E-state index is 13.9. The van der Waals surface area contributed by atoms with E-state index < -0.39 is 36.5 Å². The van der Waals surface area contributed by atoms with E-state index >= 15 is 0 Å². The molecule has 7 nitrogen and oxygen atoms in total. The largest absolute Gasteiger partial charge is 0.586 e. The molecule has 0 unspecified atom stereocenters. The van der Waals surface area contributed by atoms with Crippen molar-refractivity contribution in [2.45, 2.75) is 30.8 Å². The zero-order valence-corrected chi connectivity index (χ0v) is 20.8. The number of alkyl halides is 5. The summed E-state index contributed by atoms with van der Waals surface area (Å²) in [7, 11) is 0. The number of carbonyl (C=O) groups is 2. The Kier molecular flexibility index (Phi) is 6.70. The van der Waals surface area contributed by atoms with E-state index in [0.717, 1.165) is 15.2 Å². The number of nitrogens with zero attached hydrogens (tertiary/aromatic N) is 2. The molecule has 4 aromatic rings. The normalized spacial score (nSPS) is 14.0. The number of para-hydroxylation sites is 1. The monoisotopic (exact) mass is 563 g/mol. The van der Waals surface area contributed by atoms with Crippen LogP contribution < -0.4 is 14.8 Å². The van der Waals surface area contributed by atoms with Gasteiger partial charge in [0.05, 0.1) is 17.6 Å². The summed E-state index contributed by atoms with van der Waals surface area (Å²) in [6.07, 6.45) is -8.83. The molecule has 0 radical (unpaired) electrons. The first-order valence-corrected chi connectivity index (χ1v) is 12.5. The van der Waals surface area contributed by atoms with Crippen molar-refractivity contribution >= 4 is 40.2 Å². The molecule has 13 heteroatoms. The van der Waals surface area contributed by atoms with E-state index in [4.69, 9.17) is 0 Å². The van der Waals surface area contributed by atoms with Crippen LogP contribution in [0.4, 0.5) is 27.6 Å². The van der Waals surface area contributed by atoms with Gasteiger partial charge in [-0.25, -0.2) is 4.98 Å². The molecule has 0 atom stereocenters. The highest BCUT2D eigenvalue weighted by atomic mass is 32.2. The number of Topliss-reactive ketones (excluding diaryl/α,β-unsaturated/α-hetero) is 1. The van der Waals surface area contributed by atoms with Gasteiger partial charge in [0.2, 0.25) is 5.82 Å². The number of hydrogen-bond donors (Lipinski definition) is 1. The minimum atomic E-state index is -4.89. The van der Waals surface area contributed by atoms with Crippen molar-refractivity contribution in [2.24, 2.45) is 0 Å². The number of carbonyl (C=O) groups excluding carboxylic acids is 2. The number of anilines is 1. The maximum absolute atomic E-state index is 13.9. The first-order valence-electron chi connectivity index (χ1n) is 11.5. The number of benzene rings is 3. The summed E-state index contributed by atoms with van der Waals surface area (Å²) in [5.74, 6) is -2.91. The predicted octanol–water partition coefficient (Wildman–Crippen LogP) is 6.36. The van der Waals surface area contributed by atoms with Crippen molar-refractivity contribution in [3.05, 3.63) is 77.6 Å². The summed E-state index contributed by atoms with van der Waals surface area (Å²) in [5, 5.41) is 2.39. The summed E-state index contributed by atoms with van der Waals surface area (Å²) in [6.45, 7) is 1.47. The molecular formula is C26H18F5N3O4S. The summed E-state index contributed by atoms with van der Waals surface area (Å²) < 4.78 is 78.5. The fraction of sp³-hybridized carbons (Fsp3) is 0.192. The standard InChI is InChI=1S/C26H18F5N3O4S/c1-2-39-17-9-6-14(7-10-17)21(35)23(36)32-16-8-11-19-18(12-16)33-24(25(27,28)29)34(19)13-15-4-3-5-20-22(15)38-26(30,31)37-20/h3-12H,2,13H2,1H3,(H,32,36). The predicted molar refractivity (Wildman–Crippen MR) is 132 cm³/mol. The van der Waals surface area contributed by atoms with Gasteiger partial charge in [0.1, 0.15) is 0 Å². The van der Waals surface area contributed by atoms with Gasteiger partial charge < -0.3 is 19.4 Å². The molecule has 39 heavy (non-hydrogen) atoms. The fourth-order valence-electron chi connectivity index (χ4n) is 4.09. The molecule has 0 fully saturated rings. The lowest BCUT2D eigenvalue weighted by Crippen LogP contribution is -2.26. The Morgan fingerprint density at radius 3 is 2.49 bits per heavy atom. The van der Waals surface area contributed by atoms with Gasteiger partial charge in [0, 0.05) is 21.7 Å². The second-order valence-electron chi connectivity index (χ2n) is 8.38. The molecule has 1 N–H and O–H groups in total. The van der Waals surface area contributed by atoms with Crippen molar-refractivity contribution in [3.63, 3.8) is 0 Å². The minimum absolute atomic E-state index is 0.0129. The number of halogens is 5. The molecule has 0 aliphatic carbocycles. The van der Waals surface area contributed by atoms with Gasteiger partial charge in [0.25, 0.3) is 11.7 Å². The van der Waals surface area contributed by atoms with Crippen LogP contribution in [0.5, 0.6) is 11.5 Å². The second-order valence-corrected chi connectivity index (χ2v) is 9.71. The highest BCUT2D eigenvalue weighted by Gasteiger charge is 2.45. The van der Waals surface area contributed by atoms with E-state index in [1.807, 2.05) is 6.92 Å². The quantitative estimate of drug-likeness (QED) is 0.122. The van der Waals surface area contributed by atoms with Gasteiger partial charge in [-0.1, -0.05) is 19.1 Å². The number of thioether (sulfide) groups is 1. The molecule has 0 saturated carbocycles. The van der Waals surface area contributed by atoms with E-state index in [1.165, 1.54) is 48.5 Å². The topological polar surface area (TPSA) is 82.5 Å². The van der Waals surface area contributed by atoms with Crippen molar-refractivity contribution in [3.8, 4) is 11.5 Å². The highest BCUT2D eigenvalue weighted by Crippen LogP contribution is 2.44. The van der Waals surface area contributed by atoms with Crippen LogP contribution in [0.1, 0.15) is 28.7 Å². The molecule has 0 saturated heterocycles. The molecule has 1 aromatic heterocycles. The summed E-state index contributed by atoms with van der Waals surface area (Å²) in [6, 6.07) is 14.2. The number of hydrogen-bond acceptors (Lipinski definition) is 6. The van der Waals surface area contributed by atoms with Crippen LogP contribution in [0.2, 0.25) is 0 Å². The van der Waals surface area contributed by atoms with Crippen LogP contribution in [0.3, 0.4) is 0 Å². The van der Waals surface area contributed by atoms with E-state index in [0.29, 0.717) is 0 Å². The average Bonchev–Trinajstić information content (AvgIpc) is 3.40. The van der Waals surface area contributed by atoms with E-state index in [-0.39, 0.29) is 39.3 Å². The zero-order chi connectivity index (χ0) is 27.9. The molecule has 2 heterocycles. The number of ether oxygens (including phenoxy) is 2. The number of nitrogens with one attached hydrogen (secondary N) is 1. The van der Waals surface area contributed by atoms with Crippen LogP contribution in [0.15, 0.2) is 65.6 Å². The Morgan fingerprint density at radius 1 is 1.05 bits per heavy atom. The number of imidazole rings is 1. The van der Waals surface area contributed by atoms with Crippen molar-refractivity contribution in [1.82, 2.24) is 9.55 Å². The zero-order valence-electron chi connectivity index (χ0n) is 20.0. The number of ketones is 1. The molecule has 0 spiro atoms. The Labute approximate surface area is 221 Å². The third-order valence-corrected chi connectivity index (χ3v) is 6.63. The minimum Gasteiger partial charge on any atom is -0.395 e. The second kappa shape index (κ2) is 9.88. The van der Waals surface area contributed by atoms with Gasteiger partial charge in [-0.3, -0.25) is 9.59 Å². The first-order chi connectivity index (χ1) is 18.4. The van der Waals surface area contributed by atoms with E-state index in [2.05, 4.69) is 19.8 Å². The molecule has 1 aliphatic rings. The highest BCUT2D eigenvalue weighted by molar-refractivity contribution is 7.99. The third kappa shape index (κ3) is 5.39. The Bertz CT molecular complexity index is 1590. The number of amides is 1. The van der Waals surface area contributed by atoms with Crippen LogP contribution in [-0.2, 0) is 17.5 Å². The van der Waals surface area contributed by atoms with Gasteiger partial charge in [-0.05, 0) is 54.3 Å². The number of fused-ring (bicyclic) bond motifs is 2. The van der Waals surface area contributed by atoms with Crippen molar-refractivity contribution < 1.29 is 41.0 Å². The van der Waals surface area contributed by atoms with Crippen LogP contribution >= 0.6 is 11.8 Å². The molecule has 1 aliphatic heterocycles. The Morgan fingerprint density at radius 2 is 1.79 bits per heavy atom. The third-order valence-electron chi connectivity index (χ3n) is 5.73. The van der Waals surface area contributed by atoms with Gasteiger partial charge in [-0.15, -0.1) is 20.5 Å². The van der Waals surface area contributed by atoms with Crippen LogP contribution in [0, 0.1) is 0 Å². The van der Waals surface area contributed by atoms with E-state index in [1.54, 1.807) is 23.9 Å². The van der Waals surface area contributed by atoms with Gasteiger partial charge in [-0.2, -0.15) is 13.2 Å². The van der Waals surface area contributed by atoms with Crippen molar-refractivity contribution in [2.75, 3.05) is 11.1 Å². The fourth-order valence-corrected chi connectivity index (χ4v) is 4.75. The molecular weight excluding hydrogens is 545 g/mol. The summed E-state index contributed by atoms with van der Waals surface area (Å²) in [4.78, 5) is 29.7. The average molecular weight is 564 g/mol. The first kappa shape index (κ1) is 26.5. The van der Waals surface area contributed by atoms with Crippen LogP contribution in [0.25, 0.3) is 11.0 Å². The van der Waals surface area contributed by atoms with Gasteiger partial charge >= 0.3 is 12.5 Å². The van der Waals surface area contributed by atoms with Gasteiger partial charge in [0.15, 0.2) is 11.5 Å². The smallest absolute Gasteiger partial charge is 0.395 e. The Balaban J connectivity index is 1.43. The summed E-state index contributed by atoms with van der Waals surface area (Å²) >= 11 is 1.57. The molecule has 3 aromatic carbocycles. The lowest BCUT2D eigenvalue weighted by molar-refractivity contribution is -0.287. The summed E-state index contributed by atoms with van der Waals surface area (Å²) in [5.41, 5.74) is 0.0996. The molecule has 1 amide bonds. The SMILES string of the molecule is CCSc1ccc(C(=O)C(=O)Nc2ccc3c(c2)nc(C(F)(F)F)n3Cc2cccc3c2OC(F)(F)O3)cc1. The molecule has 0 bridgehead atoms. The Hall–Kier alpha value is -4.13. The maximum Gasteiger partial charge on any atom is 0.586 e. The van der Waals surface area contributed by atoms with Crippen LogP contribution in [-0.4, -0.2) is 33.3 Å². The molecule has 202 valence electrons. The lowest BCUT2D eigenvalue weighted by atomic mass is 10.1. The number of rotatable bonds is 7. The lowest BCUT2D eigenvalue weighted by Gasteiger charge is -2.13. The van der Waals surface area contributed by atoms with Crippen molar-refractivity contribution in [1.29, 1.82) is 0 Å².